The first-order valence-electron chi connectivity index (χ1n) is 5.88. The number of pyridine rings is 1. The molecule has 0 spiro atoms. The van der Waals surface area contributed by atoms with E-state index < -0.39 is 20.0 Å². The van der Waals surface area contributed by atoms with E-state index in [1.54, 1.807) is 0 Å². The summed E-state index contributed by atoms with van der Waals surface area (Å²) >= 11 is 9.01. The first-order chi connectivity index (χ1) is 9.62. The molecule has 0 aliphatic carbocycles. The standard InChI is InChI=1S/C10H13BrClN3O4S2/c1-20(16,17)14-2-4-15(5-3-14)21(18,19)9-6-8(11)7-13-10(9)12/h6-7H,2-5H2,1H3. The Hall–Kier alpha value is -0.260. The predicted octanol–water partition coefficient (Wildman–Crippen LogP) is 0.763. The Balaban J connectivity index is 2.25. The molecule has 1 aromatic heterocycles. The maximum Gasteiger partial charge on any atom is 0.246 e. The van der Waals surface area contributed by atoms with E-state index in [1.165, 1.54) is 20.9 Å². The van der Waals surface area contributed by atoms with E-state index in [1.807, 2.05) is 0 Å². The van der Waals surface area contributed by atoms with Crippen molar-refractivity contribution in [3.63, 3.8) is 0 Å². The molecule has 0 amide bonds. The fraction of sp³-hybridized carbons (Fsp3) is 0.500. The van der Waals surface area contributed by atoms with E-state index in [0.717, 1.165) is 6.26 Å². The molecule has 118 valence electrons. The number of aromatic nitrogens is 1. The van der Waals surface area contributed by atoms with Gasteiger partial charge in [0.25, 0.3) is 0 Å². The highest BCUT2D eigenvalue weighted by Crippen LogP contribution is 2.26. The van der Waals surface area contributed by atoms with Crippen molar-refractivity contribution in [1.29, 1.82) is 0 Å². The summed E-state index contributed by atoms with van der Waals surface area (Å²) in [5.74, 6) is 0. The first-order valence-corrected chi connectivity index (χ1v) is 10.3. The fourth-order valence-corrected chi connectivity index (χ4v) is 5.13. The van der Waals surface area contributed by atoms with Crippen LogP contribution in [0.4, 0.5) is 0 Å². The van der Waals surface area contributed by atoms with E-state index in [4.69, 9.17) is 11.6 Å². The average molecular weight is 419 g/mol. The van der Waals surface area contributed by atoms with Gasteiger partial charge in [-0.25, -0.2) is 21.8 Å². The molecule has 0 N–H and O–H groups in total. The highest BCUT2D eigenvalue weighted by Gasteiger charge is 2.32. The van der Waals surface area contributed by atoms with Gasteiger partial charge in [-0.1, -0.05) is 11.6 Å². The molecule has 0 saturated carbocycles. The Bertz CT molecular complexity index is 746. The summed E-state index contributed by atoms with van der Waals surface area (Å²) in [4.78, 5) is 3.71. The van der Waals surface area contributed by atoms with Crippen molar-refractivity contribution < 1.29 is 16.8 Å². The van der Waals surface area contributed by atoms with Crippen LogP contribution in [0.15, 0.2) is 21.6 Å². The van der Waals surface area contributed by atoms with Crippen LogP contribution >= 0.6 is 27.5 Å². The molecular formula is C10H13BrClN3O4S2. The van der Waals surface area contributed by atoms with E-state index in [-0.39, 0.29) is 36.2 Å². The highest BCUT2D eigenvalue weighted by molar-refractivity contribution is 9.10. The zero-order chi connectivity index (χ0) is 15.8. The Labute approximate surface area is 137 Å². The zero-order valence-electron chi connectivity index (χ0n) is 11.0. The van der Waals surface area contributed by atoms with E-state index >= 15 is 0 Å². The number of hydrogen-bond acceptors (Lipinski definition) is 5. The third-order valence-corrected chi connectivity index (χ3v) is 7.12. The summed E-state index contributed by atoms with van der Waals surface area (Å²) in [6, 6.07) is 1.38. The van der Waals surface area contributed by atoms with Crippen LogP contribution in [0, 0.1) is 0 Å². The summed E-state index contributed by atoms with van der Waals surface area (Å²) in [5, 5.41) is -0.108. The lowest BCUT2D eigenvalue weighted by Crippen LogP contribution is -2.50. The maximum atomic E-state index is 12.5. The minimum atomic E-state index is -3.80. The monoisotopic (exact) mass is 417 g/mol. The molecule has 1 fully saturated rings. The second kappa shape index (κ2) is 6.09. The summed E-state index contributed by atoms with van der Waals surface area (Å²) in [5.41, 5.74) is 0. The molecule has 1 saturated heterocycles. The molecule has 2 heterocycles. The number of rotatable bonds is 3. The van der Waals surface area contributed by atoms with Crippen LogP contribution in [0.1, 0.15) is 0 Å². The molecule has 0 radical (unpaired) electrons. The largest absolute Gasteiger partial charge is 0.246 e. The average Bonchev–Trinajstić information content (AvgIpc) is 2.40. The summed E-state index contributed by atoms with van der Waals surface area (Å²) in [6.45, 7) is 0.407. The number of nitrogens with zero attached hydrogens (tertiary/aromatic N) is 3. The van der Waals surface area contributed by atoms with Crippen molar-refractivity contribution in [3.8, 4) is 0 Å². The second-order valence-corrected chi connectivity index (χ2v) is 9.67. The van der Waals surface area contributed by atoms with Crippen LogP contribution in [-0.4, -0.2) is 62.9 Å². The molecule has 1 aliphatic rings. The second-order valence-electron chi connectivity index (χ2n) is 4.51. The normalized spacial score (nSPS) is 18.8. The SMILES string of the molecule is CS(=O)(=O)N1CCN(S(=O)(=O)c2cc(Br)cnc2Cl)CC1. The van der Waals surface area contributed by atoms with Gasteiger partial charge in [-0.05, 0) is 22.0 Å². The van der Waals surface area contributed by atoms with Crippen molar-refractivity contribution in [2.75, 3.05) is 32.4 Å². The number of sulfonamides is 2. The fourth-order valence-electron chi connectivity index (χ4n) is 1.97. The van der Waals surface area contributed by atoms with E-state index in [2.05, 4.69) is 20.9 Å². The van der Waals surface area contributed by atoms with Gasteiger partial charge in [-0.15, -0.1) is 0 Å². The van der Waals surface area contributed by atoms with Crippen LogP contribution in [0.3, 0.4) is 0 Å². The topological polar surface area (TPSA) is 87.7 Å². The van der Waals surface area contributed by atoms with Crippen molar-refractivity contribution in [1.82, 2.24) is 13.6 Å². The van der Waals surface area contributed by atoms with Gasteiger partial charge in [0, 0.05) is 36.8 Å². The van der Waals surface area contributed by atoms with Gasteiger partial charge in [0.2, 0.25) is 20.0 Å². The van der Waals surface area contributed by atoms with Crippen molar-refractivity contribution >= 4 is 47.6 Å². The Kier molecular flexibility index (Phi) is 4.96. The summed E-state index contributed by atoms with van der Waals surface area (Å²) in [7, 11) is -7.11. The quantitative estimate of drug-likeness (QED) is 0.676. The van der Waals surface area contributed by atoms with Crippen molar-refractivity contribution in [3.05, 3.63) is 21.9 Å². The Morgan fingerprint density at radius 2 is 1.67 bits per heavy atom. The Morgan fingerprint density at radius 3 is 2.19 bits per heavy atom. The van der Waals surface area contributed by atoms with Crippen LogP contribution in [0.2, 0.25) is 5.15 Å². The summed E-state index contributed by atoms with van der Waals surface area (Å²) < 4.78 is 50.9. The molecule has 7 nitrogen and oxygen atoms in total. The van der Waals surface area contributed by atoms with Crippen LogP contribution in [0.5, 0.6) is 0 Å². The zero-order valence-corrected chi connectivity index (χ0v) is 15.0. The molecule has 0 bridgehead atoms. The third kappa shape index (κ3) is 3.74. The molecule has 1 aromatic rings. The third-order valence-electron chi connectivity index (χ3n) is 3.06. The van der Waals surface area contributed by atoms with Gasteiger partial charge in [-0.2, -0.15) is 8.61 Å². The molecule has 2 rings (SSSR count). The van der Waals surface area contributed by atoms with Crippen LogP contribution < -0.4 is 0 Å². The molecule has 11 heteroatoms. The van der Waals surface area contributed by atoms with E-state index in [9.17, 15) is 16.8 Å². The predicted molar refractivity (Wildman–Crippen MR) is 82.1 cm³/mol. The van der Waals surface area contributed by atoms with Gasteiger partial charge in [-0.3, -0.25) is 0 Å². The van der Waals surface area contributed by atoms with Gasteiger partial charge in [0.1, 0.15) is 10.0 Å². The van der Waals surface area contributed by atoms with Crippen LogP contribution in [-0.2, 0) is 20.0 Å². The molecular weight excluding hydrogens is 406 g/mol. The lowest BCUT2D eigenvalue weighted by molar-refractivity contribution is 0.274. The van der Waals surface area contributed by atoms with Crippen LogP contribution in [0.25, 0.3) is 0 Å². The number of halogens is 2. The molecule has 1 aliphatic heterocycles. The lowest BCUT2D eigenvalue weighted by atomic mass is 10.4. The number of hydrogen-bond donors (Lipinski definition) is 0. The lowest BCUT2D eigenvalue weighted by Gasteiger charge is -2.32. The van der Waals surface area contributed by atoms with Crippen molar-refractivity contribution in [2.24, 2.45) is 0 Å². The molecule has 0 aromatic carbocycles. The molecule has 0 atom stereocenters. The van der Waals surface area contributed by atoms with E-state index in [0.29, 0.717) is 4.47 Å². The van der Waals surface area contributed by atoms with Gasteiger partial charge in [0.05, 0.1) is 6.26 Å². The smallest absolute Gasteiger partial charge is 0.242 e. The minimum Gasteiger partial charge on any atom is -0.242 e. The summed E-state index contributed by atoms with van der Waals surface area (Å²) in [6.07, 6.45) is 2.51. The van der Waals surface area contributed by atoms with Gasteiger partial charge in [0.15, 0.2) is 0 Å². The first kappa shape index (κ1) is 17.1. The minimum absolute atomic E-state index is 0.0816. The Morgan fingerprint density at radius 1 is 1.14 bits per heavy atom. The van der Waals surface area contributed by atoms with Gasteiger partial charge >= 0.3 is 0 Å². The van der Waals surface area contributed by atoms with Gasteiger partial charge < -0.3 is 0 Å². The highest BCUT2D eigenvalue weighted by atomic mass is 79.9. The maximum absolute atomic E-state index is 12.5. The van der Waals surface area contributed by atoms with Crippen molar-refractivity contribution in [2.45, 2.75) is 4.90 Å². The molecule has 0 unspecified atom stereocenters. The molecule has 21 heavy (non-hydrogen) atoms. The number of piperazine rings is 1.